The van der Waals surface area contributed by atoms with Gasteiger partial charge in [0, 0.05) is 13.5 Å². The van der Waals surface area contributed by atoms with Crippen LogP contribution in [0.3, 0.4) is 0 Å². The first-order valence-corrected chi connectivity index (χ1v) is 4.97. The Bertz CT molecular complexity index is 168. The zero-order chi connectivity index (χ0) is 9.68. The Labute approximate surface area is 79.1 Å². The van der Waals surface area contributed by atoms with Gasteiger partial charge < -0.3 is 9.84 Å². The fourth-order valence-corrected chi connectivity index (χ4v) is 2.06. The first-order chi connectivity index (χ1) is 6.22. The van der Waals surface area contributed by atoms with Crippen LogP contribution in [0.15, 0.2) is 0 Å². The van der Waals surface area contributed by atoms with Crippen LogP contribution in [0.2, 0.25) is 0 Å². The summed E-state index contributed by atoms with van der Waals surface area (Å²) < 4.78 is 5.29. The van der Waals surface area contributed by atoms with E-state index in [0.717, 1.165) is 25.7 Å². The van der Waals surface area contributed by atoms with E-state index in [1.165, 1.54) is 6.42 Å². The van der Waals surface area contributed by atoms with Crippen molar-refractivity contribution in [2.45, 2.75) is 44.6 Å². The van der Waals surface area contributed by atoms with E-state index in [0.29, 0.717) is 12.3 Å². The number of carboxylic acids is 1. The molecule has 1 N–H and O–H groups in total. The van der Waals surface area contributed by atoms with Crippen LogP contribution in [0.5, 0.6) is 0 Å². The highest BCUT2D eigenvalue weighted by molar-refractivity contribution is 5.67. The molecule has 2 unspecified atom stereocenters. The van der Waals surface area contributed by atoms with E-state index >= 15 is 0 Å². The Morgan fingerprint density at radius 3 is 2.77 bits per heavy atom. The van der Waals surface area contributed by atoms with Gasteiger partial charge in [-0.15, -0.1) is 0 Å². The van der Waals surface area contributed by atoms with Crippen LogP contribution in [-0.4, -0.2) is 24.3 Å². The molecular formula is C10H18O3. The van der Waals surface area contributed by atoms with Crippen LogP contribution in [0, 0.1) is 5.92 Å². The number of hydrogen-bond donors (Lipinski definition) is 1. The zero-order valence-corrected chi connectivity index (χ0v) is 8.16. The second-order valence-corrected chi connectivity index (χ2v) is 3.84. The molecule has 1 aliphatic carbocycles. The molecule has 0 aromatic carbocycles. The highest BCUT2D eigenvalue weighted by atomic mass is 16.5. The Kier molecular flexibility index (Phi) is 4.22. The molecule has 0 saturated heterocycles. The SMILES string of the molecule is COC1CCCCC(CC(=O)O)C1. The molecule has 1 rings (SSSR count). The van der Waals surface area contributed by atoms with Gasteiger partial charge in [0.1, 0.15) is 0 Å². The van der Waals surface area contributed by atoms with Crippen molar-refractivity contribution in [3.05, 3.63) is 0 Å². The fourth-order valence-electron chi connectivity index (χ4n) is 2.06. The number of methoxy groups -OCH3 is 1. The molecule has 0 aromatic heterocycles. The fraction of sp³-hybridized carbons (Fsp3) is 0.900. The molecule has 0 heterocycles. The molecular weight excluding hydrogens is 168 g/mol. The summed E-state index contributed by atoms with van der Waals surface area (Å²) in [6.07, 6.45) is 5.97. The van der Waals surface area contributed by atoms with Crippen LogP contribution in [0.1, 0.15) is 38.5 Å². The van der Waals surface area contributed by atoms with E-state index in [4.69, 9.17) is 9.84 Å². The van der Waals surface area contributed by atoms with Gasteiger partial charge in [-0.2, -0.15) is 0 Å². The van der Waals surface area contributed by atoms with Crippen molar-refractivity contribution < 1.29 is 14.6 Å². The minimum atomic E-state index is -0.679. The van der Waals surface area contributed by atoms with Crippen molar-refractivity contribution in [2.24, 2.45) is 5.92 Å². The van der Waals surface area contributed by atoms with Gasteiger partial charge in [0.15, 0.2) is 0 Å². The van der Waals surface area contributed by atoms with Crippen molar-refractivity contribution in [3.63, 3.8) is 0 Å². The Morgan fingerprint density at radius 1 is 1.46 bits per heavy atom. The highest BCUT2D eigenvalue weighted by Gasteiger charge is 2.21. The smallest absolute Gasteiger partial charge is 0.303 e. The number of carboxylic acid groups (broad SMARTS) is 1. The van der Waals surface area contributed by atoms with E-state index in [9.17, 15) is 4.79 Å². The molecule has 0 spiro atoms. The second kappa shape index (κ2) is 5.22. The maximum Gasteiger partial charge on any atom is 0.303 e. The van der Waals surface area contributed by atoms with E-state index in [1.54, 1.807) is 7.11 Å². The predicted octanol–water partition coefficient (Wildman–Crippen LogP) is 2.06. The molecule has 0 bridgehead atoms. The maximum absolute atomic E-state index is 10.5. The van der Waals surface area contributed by atoms with Gasteiger partial charge in [-0.05, 0) is 25.2 Å². The molecule has 13 heavy (non-hydrogen) atoms. The van der Waals surface area contributed by atoms with E-state index in [1.807, 2.05) is 0 Å². The monoisotopic (exact) mass is 186 g/mol. The first-order valence-electron chi connectivity index (χ1n) is 4.97. The summed E-state index contributed by atoms with van der Waals surface area (Å²) >= 11 is 0. The highest BCUT2D eigenvalue weighted by Crippen LogP contribution is 2.27. The molecule has 1 saturated carbocycles. The van der Waals surface area contributed by atoms with Crippen LogP contribution < -0.4 is 0 Å². The summed E-state index contributed by atoms with van der Waals surface area (Å²) in [5.74, 6) is -0.355. The van der Waals surface area contributed by atoms with Gasteiger partial charge in [0.2, 0.25) is 0 Å². The summed E-state index contributed by atoms with van der Waals surface area (Å²) in [5, 5.41) is 8.68. The summed E-state index contributed by atoms with van der Waals surface area (Å²) in [6, 6.07) is 0. The van der Waals surface area contributed by atoms with E-state index in [-0.39, 0.29) is 6.10 Å². The minimum absolute atomic E-state index is 0.284. The second-order valence-electron chi connectivity index (χ2n) is 3.84. The van der Waals surface area contributed by atoms with E-state index < -0.39 is 5.97 Å². The Balaban J connectivity index is 2.39. The molecule has 1 fully saturated rings. The standard InChI is InChI=1S/C10H18O3/c1-13-9-5-3-2-4-8(6-9)7-10(11)12/h8-9H,2-7H2,1H3,(H,11,12). The summed E-state index contributed by atoms with van der Waals surface area (Å²) in [5.41, 5.74) is 0. The maximum atomic E-state index is 10.5. The number of ether oxygens (including phenoxy) is 1. The van der Waals surface area contributed by atoms with Gasteiger partial charge in [0.25, 0.3) is 0 Å². The minimum Gasteiger partial charge on any atom is -0.481 e. The van der Waals surface area contributed by atoms with Crippen LogP contribution in [0.25, 0.3) is 0 Å². The number of aliphatic carboxylic acids is 1. The van der Waals surface area contributed by atoms with Crippen molar-refractivity contribution in [2.75, 3.05) is 7.11 Å². The lowest BCUT2D eigenvalue weighted by atomic mass is 9.96. The topological polar surface area (TPSA) is 46.5 Å². The normalized spacial score (nSPS) is 29.6. The summed E-state index contributed by atoms with van der Waals surface area (Å²) in [7, 11) is 1.72. The predicted molar refractivity (Wildman–Crippen MR) is 49.6 cm³/mol. The molecule has 0 amide bonds. The van der Waals surface area contributed by atoms with Gasteiger partial charge in [-0.1, -0.05) is 12.8 Å². The molecule has 2 atom stereocenters. The molecule has 76 valence electrons. The van der Waals surface area contributed by atoms with Gasteiger partial charge >= 0.3 is 5.97 Å². The molecule has 0 aromatic rings. The van der Waals surface area contributed by atoms with Gasteiger partial charge in [-0.3, -0.25) is 4.79 Å². The zero-order valence-electron chi connectivity index (χ0n) is 8.16. The quantitative estimate of drug-likeness (QED) is 0.686. The largest absolute Gasteiger partial charge is 0.481 e. The lowest BCUT2D eigenvalue weighted by Gasteiger charge is -2.16. The summed E-state index contributed by atoms with van der Waals surface area (Å²) in [4.78, 5) is 10.5. The average molecular weight is 186 g/mol. The lowest BCUT2D eigenvalue weighted by Crippen LogP contribution is -2.15. The van der Waals surface area contributed by atoms with Gasteiger partial charge in [0.05, 0.1) is 6.10 Å². The van der Waals surface area contributed by atoms with Crippen molar-refractivity contribution in [1.29, 1.82) is 0 Å². The van der Waals surface area contributed by atoms with Gasteiger partial charge in [-0.25, -0.2) is 0 Å². The average Bonchev–Trinajstić information content (AvgIpc) is 2.28. The molecule has 3 heteroatoms. The molecule has 1 aliphatic rings. The van der Waals surface area contributed by atoms with Crippen molar-refractivity contribution in [1.82, 2.24) is 0 Å². The van der Waals surface area contributed by atoms with Crippen LogP contribution in [-0.2, 0) is 9.53 Å². The molecule has 3 nitrogen and oxygen atoms in total. The molecule has 0 radical (unpaired) electrons. The third-order valence-electron chi connectivity index (χ3n) is 2.78. The van der Waals surface area contributed by atoms with E-state index in [2.05, 4.69) is 0 Å². The third-order valence-corrected chi connectivity index (χ3v) is 2.78. The Morgan fingerprint density at radius 2 is 2.15 bits per heavy atom. The first kappa shape index (κ1) is 10.5. The molecule has 0 aliphatic heterocycles. The van der Waals surface area contributed by atoms with Crippen molar-refractivity contribution in [3.8, 4) is 0 Å². The lowest BCUT2D eigenvalue weighted by molar-refractivity contribution is -0.138. The van der Waals surface area contributed by atoms with Crippen molar-refractivity contribution >= 4 is 5.97 Å². The number of carbonyl (C=O) groups is 1. The van der Waals surface area contributed by atoms with Crippen LogP contribution >= 0.6 is 0 Å². The number of hydrogen-bond acceptors (Lipinski definition) is 2. The third kappa shape index (κ3) is 3.77. The Hall–Kier alpha value is -0.570. The number of rotatable bonds is 3. The van der Waals surface area contributed by atoms with Crippen LogP contribution in [0.4, 0.5) is 0 Å². The summed E-state index contributed by atoms with van der Waals surface area (Å²) in [6.45, 7) is 0.